The number of rotatable bonds is 3. The summed E-state index contributed by atoms with van der Waals surface area (Å²) in [6.45, 7) is 1.99. The molecule has 0 amide bonds. The number of hydrogen-bond acceptors (Lipinski definition) is 5. The molecule has 1 unspecified atom stereocenters. The topological polar surface area (TPSA) is 74.7 Å². The molecule has 0 radical (unpaired) electrons. The highest BCUT2D eigenvalue weighted by Crippen LogP contribution is 2.27. The summed E-state index contributed by atoms with van der Waals surface area (Å²) in [6.07, 6.45) is 1.54. The second-order valence-corrected chi connectivity index (χ2v) is 4.78. The summed E-state index contributed by atoms with van der Waals surface area (Å²) in [4.78, 5) is 15.0. The first kappa shape index (κ1) is 10.7. The average Bonchev–Trinajstić information content (AvgIpc) is 2.65. The van der Waals surface area contributed by atoms with Gasteiger partial charge >= 0.3 is 0 Å². The summed E-state index contributed by atoms with van der Waals surface area (Å²) in [5, 5.41) is 9.90. The third-order valence-electron chi connectivity index (χ3n) is 1.80. The zero-order chi connectivity index (χ0) is 10.8. The van der Waals surface area contributed by atoms with Gasteiger partial charge in [-0.25, -0.2) is 9.97 Å². The third-order valence-corrected chi connectivity index (χ3v) is 3.03. The fourth-order valence-corrected chi connectivity index (χ4v) is 2.17. The van der Waals surface area contributed by atoms with E-state index in [0.717, 1.165) is 5.52 Å². The van der Waals surface area contributed by atoms with Gasteiger partial charge in [0.05, 0.1) is 12.9 Å². The van der Waals surface area contributed by atoms with Crippen LogP contribution in [-0.4, -0.2) is 36.9 Å². The van der Waals surface area contributed by atoms with Gasteiger partial charge in [-0.3, -0.25) is 0 Å². The number of hydrogen-bond donors (Lipinski definition) is 2. The maximum Gasteiger partial charge on any atom is 0.225 e. The average molecular weight is 245 g/mol. The molecule has 0 bridgehead atoms. The van der Waals surface area contributed by atoms with Crippen LogP contribution in [0.2, 0.25) is 5.28 Å². The van der Waals surface area contributed by atoms with Crippen molar-refractivity contribution in [3.8, 4) is 0 Å². The van der Waals surface area contributed by atoms with Crippen LogP contribution in [0, 0.1) is 0 Å². The fraction of sp³-hybridized carbons (Fsp3) is 0.375. The Morgan fingerprint density at radius 3 is 3.13 bits per heavy atom. The molecular weight excluding hydrogens is 236 g/mol. The van der Waals surface area contributed by atoms with Crippen LogP contribution < -0.4 is 0 Å². The molecule has 0 fully saturated rings. The van der Waals surface area contributed by atoms with Crippen molar-refractivity contribution >= 4 is 34.5 Å². The summed E-state index contributed by atoms with van der Waals surface area (Å²) >= 11 is 7.19. The molecule has 80 valence electrons. The second-order valence-electron chi connectivity index (χ2n) is 3.01. The standard InChI is InChI=1S/C8H9ClN4OS/c1-4(2-14)15-7-5-6(11-3-10-5)12-8(9)13-7/h3-4,14H,2H2,1H3,(H,10,11,12,13). The Balaban J connectivity index is 2.44. The molecule has 0 saturated heterocycles. The molecular formula is C8H9ClN4OS. The van der Waals surface area contributed by atoms with Gasteiger partial charge in [0.1, 0.15) is 10.5 Å². The SMILES string of the molecule is CC(CO)Sc1nc(Cl)nc2nc[nH]c12. The second kappa shape index (κ2) is 4.34. The largest absolute Gasteiger partial charge is 0.395 e. The Morgan fingerprint density at radius 1 is 1.60 bits per heavy atom. The smallest absolute Gasteiger partial charge is 0.225 e. The van der Waals surface area contributed by atoms with E-state index < -0.39 is 0 Å². The quantitative estimate of drug-likeness (QED) is 0.486. The fourth-order valence-electron chi connectivity index (χ4n) is 1.09. The van der Waals surface area contributed by atoms with Gasteiger partial charge in [-0.05, 0) is 11.6 Å². The number of aromatic amines is 1. The van der Waals surface area contributed by atoms with Crippen molar-refractivity contribution in [2.45, 2.75) is 17.2 Å². The van der Waals surface area contributed by atoms with Crippen LogP contribution in [0.4, 0.5) is 0 Å². The minimum atomic E-state index is 0.0578. The Kier molecular flexibility index (Phi) is 3.08. The summed E-state index contributed by atoms with van der Waals surface area (Å²) in [7, 11) is 0. The normalized spacial score (nSPS) is 13.3. The Morgan fingerprint density at radius 2 is 2.40 bits per heavy atom. The highest BCUT2D eigenvalue weighted by Gasteiger charge is 2.12. The van der Waals surface area contributed by atoms with Crippen LogP contribution >= 0.6 is 23.4 Å². The van der Waals surface area contributed by atoms with E-state index in [1.54, 1.807) is 6.33 Å². The van der Waals surface area contributed by atoms with Crippen molar-refractivity contribution < 1.29 is 5.11 Å². The van der Waals surface area contributed by atoms with E-state index in [1.807, 2.05) is 6.92 Å². The molecule has 0 aliphatic carbocycles. The van der Waals surface area contributed by atoms with Crippen LogP contribution in [-0.2, 0) is 0 Å². The van der Waals surface area contributed by atoms with Crippen molar-refractivity contribution in [3.63, 3.8) is 0 Å². The van der Waals surface area contributed by atoms with E-state index in [-0.39, 0.29) is 17.1 Å². The van der Waals surface area contributed by atoms with E-state index in [0.29, 0.717) is 10.7 Å². The maximum absolute atomic E-state index is 8.97. The molecule has 2 aromatic heterocycles. The zero-order valence-corrected chi connectivity index (χ0v) is 9.51. The highest BCUT2D eigenvalue weighted by atomic mass is 35.5. The zero-order valence-electron chi connectivity index (χ0n) is 7.94. The lowest BCUT2D eigenvalue weighted by Gasteiger charge is -2.06. The molecule has 15 heavy (non-hydrogen) atoms. The predicted octanol–water partition coefficient (Wildman–Crippen LogP) is 1.48. The van der Waals surface area contributed by atoms with E-state index in [4.69, 9.17) is 16.7 Å². The van der Waals surface area contributed by atoms with E-state index in [1.165, 1.54) is 11.8 Å². The summed E-state index contributed by atoms with van der Waals surface area (Å²) in [5.41, 5.74) is 1.30. The number of aliphatic hydroxyl groups is 1. The van der Waals surface area contributed by atoms with Gasteiger partial charge in [-0.15, -0.1) is 0 Å². The molecule has 2 heterocycles. The Labute approximate surface area is 95.3 Å². The highest BCUT2D eigenvalue weighted by molar-refractivity contribution is 8.00. The van der Waals surface area contributed by atoms with Crippen molar-refractivity contribution in [2.24, 2.45) is 0 Å². The van der Waals surface area contributed by atoms with Gasteiger partial charge in [-0.2, -0.15) is 4.98 Å². The lowest BCUT2D eigenvalue weighted by atomic mass is 10.5. The Hall–Kier alpha value is -0.850. The first-order chi connectivity index (χ1) is 7.20. The number of nitrogens with zero attached hydrogens (tertiary/aromatic N) is 3. The molecule has 2 N–H and O–H groups in total. The third kappa shape index (κ3) is 2.22. The minimum Gasteiger partial charge on any atom is -0.395 e. The number of imidazole rings is 1. The monoisotopic (exact) mass is 244 g/mol. The first-order valence-electron chi connectivity index (χ1n) is 4.35. The van der Waals surface area contributed by atoms with Gasteiger partial charge in [0.15, 0.2) is 5.65 Å². The summed E-state index contributed by atoms with van der Waals surface area (Å²) in [6, 6.07) is 0. The molecule has 2 aromatic rings. The number of aromatic nitrogens is 4. The van der Waals surface area contributed by atoms with Crippen molar-refractivity contribution in [1.29, 1.82) is 0 Å². The van der Waals surface area contributed by atoms with Crippen molar-refractivity contribution in [3.05, 3.63) is 11.6 Å². The van der Waals surface area contributed by atoms with Gasteiger partial charge in [0.2, 0.25) is 5.28 Å². The molecule has 0 aliphatic rings. The minimum absolute atomic E-state index is 0.0578. The van der Waals surface area contributed by atoms with Crippen LogP contribution in [0.3, 0.4) is 0 Å². The number of aliphatic hydroxyl groups excluding tert-OH is 1. The van der Waals surface area contributed by atoms with Gasteiger partial charge in [-0.1, -0.05) is 18.7 Å². The molecule has 5 nitrogen and oxygen atoms in total. The van der Waals surface area contributed by atoms with Gasteiger partial charge in [0, 0.05) is 5.25 Å². The molecule has 7 heteroatoms. The first-order valence-corrected chi connectivity index (χ1v) is 5.60. The molecule has 1 atom stereocenters. The Bertz CT molecular complexity index is 475. The predicted molar refractivity (Wildman–Crippen MR) is 59.1 cm³/mol. The van der Waals surface area contributed by atoms with Crippen LogP contribution in [0.5, 0.6) is 0 Å². The van der Waals surface area contributed by atoms with Gasteiger partial charge < -0.3 is 10.1 Å². The number of nitrogens with one attached hydrogen (secondary N) is 1. The number of halogens is 1. The van der Waals surface area contributed by atoms with Crippen molar-refractivity contribution in [2.75, 3.05) is 6.61 Å². The van der Waals surface area contributed by atoms with E-state index >= 15 is 0 Å². The summed E-state index contributed by atoms with van der Waals surface area (Å²) in [5.74, 6) is 0. The lowest BCUT2D eigenvalue weighted by Crippen LogP contribution is -2.03. The maximum atomic E-state index is 8.97. The molecule has 2 rings (SSSR count). The van der Waals surface area contributed by atoms with Crippen LogP contribution in [0.15, 0.2) is 11.4 Å². The molecule has 0 aliphatic heterocycles. The lowest BCUT2D eigenvalue weighted by molar-refractivity contribution is 0.300. The van der Waals surface area contributed by atoms with Gasteiger partial charge in [0.25, 0.3) is 0 Å². The molecule has 0 aromatic carbocycles. The van der Waals surface area contributed by atoms with Crippen molar-refractivity contribution in [1.82, 2.24) is 19.9 Å². The number of thioether (sulfide) groups is 1. The molecule has 0 saturated carbocycles. The molecule has 0 spiro atoms. The van der Waals surface area contributed by atoms with E-state index in [2.05, 4.69) is 19.9 Å². The number of H-pyrrole nitrogens is 1. The van der Waals surface area contributed by atoms with Crippen LogP contribution in [0.1, 0.15) is 6.92 Å². The van der Waals surface area contributed by atoms with E-state index in [9.17, 15) is 0 Å². The van der Waals surface area contributed by atoms with Crippen LogP contribution in [0.25, 0.3) is 11.2 Å². The number of fused-ring (bicyclic) bond motifs is 1. The summed E-state index contributed by atoms with van der Waals surface area (Å²) < 4.78 is 0.